The van der Waals surface area contributed by atoms with Gasteiger partial charge in [0.1, 0.15) is 11.6 Å². The molecule has 8 heteroatoms. The Morgan fingerprint density at radius 2 is 1.94 bits per heavy atom. The number of fused-ring (bicyclic) bond motifs is 1. The molecule has 4 rings (SSSR count). The molecule has 0 bridgehead atoms. The zero-order valence-electron chi connectivity index (χ0n) is 17.3. The lowest BCUT2D eigenvalue weighted by Gasteiger charge is -2.26. The topological polar surface area (TPSA) is 79.3 Å². The second-order valence-electron chi connectivity index (χ2n) is 7.77. The molecule has 31 heavy (non-hydrogen) atoms. The molecule has 0 aliphatic carbocycles. The van der Waals surface area contributed by atoms with Crippen LogP contribution in [0.2, 0.25) is 0 Å². The molecule has 7 nitrogen and oxygen atoms in total. The highest BCUT2D eigenvalue weighted by molar-refractivity contribution is 6.46. The van der Waals surface area contributed by atoms with Crippen LogP contribution in [0.4, 0.5) is 4.39 Å². The third kappa shape index (κ3) is 3.98. The lowest BCUT2D eigenvalue weighted by atomic mass is 9.95. The Kier molecular flexibility index (Phi) is 5.65. The molecule has 1 unspecified atom stereocenters. The number of aliphatic hydroxyl groups is 1. The molecule has 1 amide bonds. The quantitative estimate of drug-likeness (QED) is 0.435. The summed E-state index contributed by atoms with van der Waals surface area (Å²) in [6.45, 7) is 1.07. The first-order chi connectivity index (χ1) is 14.9. The Morgan fingerprint density at radius 1 is 1.16 bits per heavy atom. The Balaban J connectivity index is 1.79. The Hall–Kier alpha value is -3.39. The molecule has 1 saturated heterocycles. The SMILES string of the molecule is CN(C)CCCN1C(=O)C(=O)C(=C(O)c2ccc3c(c2)OCO3)C1c1cccc(F)c1. The van der Waals surface area contributed by atoms with E-state index >= 15 is 0 Å². The molecule has 2 aromatic rings. The highest BCUT2D eigenvalue weighted by Crippen LogP contribution is 2.41. The van der Waals surface area contributed by atoms with Gasteiger partial charge in [0.05, 0.1) is 11.6 Å². The zero-order valence-corrected chi connectivity index (χ0v) is 17.3. The summed E-state index contributed by atoms with van der Waals surface area (Å²) < 4.78 is 24.6. The predicted octanol–water partition coefficient (Wildman–Crippen LogP) is 2.93. The monoisotopic (exact) mass is 426 g/mol. The summed E-state index contributed by atoms with van der Waals surface area (Å²) >= 11 is 0. The van der Waals surface area contributed by atoms with E-state index in [-0.39, 0.29) is 18.1 Å². The molecule has 0 aromatic heterocycles. The van der Waals surface area contributed by atoms with Gasteiger partial charge in [0.25, 0.3) is 11.7 Å². The molecule has 2 aromatic carbocycles. The van der Waals surface area contributed by atoms with Crippen molar-refractivity contribution in [2.45, 2.75) is 12.5 Å². The van der Waals surface area contributed by atoms with Crippen LogP contribution in [0.1, 0.15) is 23.6 Å². The summed E-state index contributed by atoms with van der Waals surface area (Å²) in [6, 6.07) is 9.62. The normalized spacial score (nSPS) is 19.5. The molecule has 0 radical (unpaired) electrons. The summed E-state index contributed by atoms with van der Waals surface area (Å²) in [5.41, 5.74) is 0.669. The van der Waals surface area contributed by atoms with E-state index in [0.29, 0.717) is 42.1 Å². The zero-order chi connectivity index (χ0) is 22.1. The van der Waals surface area contributed by atoms with Crippen LogP contribution in [0.15, 0.2) is 48.0 Å². The summed E-state index contributed by atoms with van der Waals surface area (Å²) in [7, 11) is 3.83. The van der Waals surface area contributed by atoms with Crippen molar-refractivity contribution in [3.63, 3.8) is 0 Å². The van der Waals surface area contributed by atoms with Crippen LogP contribution in [0.3, 0.4) is 0 Å². The molecule has 1 N–H and O–H groups in total. The van der Waals surface area contributed by atoms with Gasteiger partial charge in [-0.2, -0.15) is 0 Å². The van der Waals surface area contributed by atoms with E-state index < -0.39 is 23.5 Å². The maximum Gasteiger partial charge on any atom is 0.295 e. The third-order valence-corrected chi connectivity index (χ3v) is 5.35. The largest absolute Gasteiger partial charge is 0.507 e. The van der Waals surface area contributed by atoms with Gasteiger partial charge in [-0.1, -0.05) is 12.1 Å². The van der Waals surface area contributed by atoms with Gasteiger partial charge < -0.3 is 24.4 Å². The first-order valence-corrected chi connectivity index (χ1v) is 9.95. The number of Topliss-reactive ketones (excluding diaryl/α,β-unsaturated/α-hetero) is 1. The predicted molar refractivity (Wildman–Crippen MR) is 111 cm³/mol. The standard InChI is InChI=1S/C23H23FN2O5/c1-25(2)9-4-10-26-20(14-5-3-6-16(24)11-14)19(22(28)23(26)29)21(27)15-7-8-17-18(12-15)31-13-30-17/h3,5-8,11-12,20,27H,4,9-10,13H2,1-2H3. The number of halogens is 1. The van der Waals surface area contributed by atoms with Gasteiger partial charge in [0, 0.05) is 12.1 Å². The summed E-state index contributed by atoms with van der Waals surface area (Å²) in [5.74, 6) is -1.36. The minimum atomic E-state index is -0.886. The van der Waals surface area contributed by atoms with E-state index in [1.807, 2.05) is 19.0 Å². The molecular weight excluding hydrogens is 403 g/mol. The minimum absolute atomic E-state index is 0.0686. The number of hydrogen-bond donors (Lipinski definition) is 1. The van der Waals surface area contributed by atoms with Gasteiger partial charge >= 0.3 is 0 Å². The number of aliphatic hydroxyl groups excluding tert-OH is 1. The molecule has 0 saturated carbocycles. The van der Waals surface area contributed by atoms with Gasteiger partial charge in [-0.05, 0) is 63.0 Å². The smallest absolute Gasteiger partial charge is 0.295 e. The van der Waals surface area contributed by atoms with Crippen molar-refractivity contribution in [2.24, 2.45) is 0 Å². The average Bonchev–Trinajstić information content (AvgIpc) is 3.30. The fourth-order valence-corrected chi connectivity index (χ4v) is 3.89. The molecule has 1 fully saturated rings. The van der Waals surface area contributed by atoms with E-state index in [1.54, 1.807) is 24.3 Å². The van der Waals surface area contributed by atoms with Crippen LogP contribution in [0.5, 0.6) is 11.5 Å². The summed E-state index contributed by atoms with van der Waals surface area (Å²) in [5, 5.41) is 11.1. The van der Waals surface area contributed by atoms with Crippen LogP contribution in [0.25, 0.3) is 5.76 Å². The highest BCUT2D eigenvalue weighted by atomic mass is 19.1. The first kappa shape index (κ1) is 20.9. The van der Waals surface area contributed by atoms with Crippen molar-refractivity contribution in [2.75, 3.05) is 34.0 Å². The number of rotatable bonds is 6. The number of likely N-dealkylation sites (tertiary alicyclic amines) is 1. The number of ketones is 1. The summed E-state index contributed by atoms with van der Waals surface area (Å²) in [4.78, 5) is 29.2. The number of amides is 1. The minimum Gasteiger partial charge on any atom is -0.507 e. The summed E-state index contributed by atoms with van der Waals surface area (Å²) in [6.07, 6.45) is 0.621. The number of ether oxygens (including phenoxy) is 2. The molecular formula is C23H23FN2O5. The van der Waals surface area contributed by atoms with Crippen molar-refractivity contribution >= 4 is 17.4 Å². The molecule has 162 valence electrons. The van der Waals surface area contributed by atoms with E-state index in [0.717, 1.165) is 0 Å². The van der Waals surface area contributed by atoms with Crippen molar-refractivity contribution < 1.29 is 28.6 Å². The maximum absolute atomic E-state index is 14.0. The van der Waals surface area contributed by atoms with Crippen LogP contribution in [0, 0.1) is 5.82 Å². The van der Waals surface area contributed by atoms with Gasteiger partial charge in [-0.25, -0.2) is 4.39 Å². The Labute approximate surface area is 179 Å². The van der Waals surface area contributed by atoms with Crippen LogP contribution in [-0.2, 0) is 9.59 Å². The lowest BCUT2D eigenvalue weighted by molar-refractivity contribution is -0.139. The highest BCUT2D eigenvalue weighted by Gasteiger charge is 2.46. The van der Waals surface area contributed by atoms with Crippen LogP contribution >= 0.6 is 0 Å². The van der Waals surface area contributed by atoms with Crippen molar-refractivity contribution in [3.8, 4) is 11.5 Å². The Morgan fingerprint density at radius 3 is 2.68 bits per heavy atom. The molecule has 1 atom stereocenters. The van der Waals surface area contributed by atoms with Crippen LogP contribution in [-0.4, -0.2) is 60.6 Å². The fraction of sp³-hybridized carbons (Fsp3) is 0.304. The van der Waals surface area contributed by atoms with E-state index in [1.165, 1.54) is 23.1 Å². The van der Waals surface area contributed by atoms with Crippen molar-refractivity contribution in [3.05, 3.63) is 65.0 Å². The van der Waals surface area contributed by atoms with Gasteiger partial charge in [-0.15, -0.1) is 0 Å². The van der Waals surface area contributed by atoms with Gasteiger partial charge in [0.2, 0.25) is 6.79 Å². The van der Waals surface area contributed by atoms with E-state index in [2.05, 4.69) is 0 Å². The van der Waals surface area contributed by atoms with Crippen molar-refractivity contribution in [1.29, 1.82) is 0 Å². The van der Waals surface area contributed by atoms with Crippen molar-refractivity contribution in [1.82, 2.24) is 9.80 Å². The number of carbonyl (C=O) groups is 2. The number of carbonyl (C=O) groups excluding carboxylic acids is 2. The second-order valence-corrected chi connectivity index (χ2v) is 7.77. The Bertz CT molecular complexity index is 1070. The van der Waals surface area contributed by atoms with E-state index in [4.69, 9.17) is 9.47 Å². The van der Waals surface area contributed by atoms with Gasteiger partial charge in [0.15, 0.2) is 11.5 Å². The lowest BCUT2D eigenvalue weighted by Crippen LogP contribution is -2.32. The fourth-order valence-electron chi connectivity index (χ4n) is 3.89. The number of nitrogens with zero attached hydrogens (tertiary/aromatic N) is 2. The van der Waals surface area contributed by atoms with Gasteiger partial charge in [-0.3, -0.25) is 9.59 Å². The first-order valence-electron chi connectivity index (χ1n) is 9.95. The molecule has 2 aliphatic heterocycles. The average molecular weight is 426 g/mol. The molecule has 2 heterocycles. The third-order valence-electron chi connectivity index (χ3n) is 5.35. The number of hydrogen-bond acceptors (Lipinski definition) is 6. The molecule has 2 aliphatic rings. The molecule has 0 spiro atoms. The number of benzene rings is 2. The van der Waals surface area contributed by atoms with E-state index in [9.17, 15) is 19.1 Å². The van der Waals surface area contributed by atoms with Crippen LogP contribution < -0.4 is 9.47 Å². The maximum atomic E-state index is 14.0. The second kappa shape index (κ2) is 8.39.